The third-order valence-corrected chi connectivity index (χ3v) is 4.88. The molecule has 0 aliphatic rings. The van der Waals surface area contributed by atoms with E-state index in [4.69, 9.17) is 0 Å². The first-order valence-electron chi connectivity index (χ1n) is 5.92. The van der Waals surface area contributed by atoms with Crippen LogP contribution in [0.15, 0.2) is 29.2 Å². The fourth-order valence-corrected chi connectivity index (χ4v) is 2.72. The topological polar surface area (TPSA) is 72.2 Å². The number of hydrogen-bond acceptors (Lipinski definition) is 4. The van der Waals surface area contributed by atoms with Crippen LogP contribution >= 0.6 is 0 Å². The minimum Gasteiger partial charge on any atom is -0.504 e. The maximum absolute atomic E-state index is 11.9. The van der Waals surface area contributed by atoms with Gasteiger partial charge in [-0.05, 0) is 19.1 Å². The highest BCUT2D eigenvalue weighted by Crippen LogP contribution is 2.31. The largest absolute Gasteiger partial charge is 0.504 e. The van der Waals surface area contributed by atoms with Gasteiger partial charge in [-0.3, -0.25) is 4.68 Å². The van der Waals surface area contributed by atoms with Crippen molar-refractivity contribution in [2.24, 2.45) is 7.05 Å². The molecule has 0 aliphatic carbocycles. The molecule has 0 atom stereocenters. The quantitative estimate of drug-likeness (QED) is 0.932. The molecule has 0 spiro atoms. The Morgan fingerprint density at radius 2 is 2.05 bits per heavy atom. The second kappa shape index (κ2) is 4.70. The van der Waals surface area contributed by atoms with Gasteiger partial charge in [0.15, 0.2) is 15.6 Å². The molecule has 1 heterocycles. The SMILES string of the molecule is CCS(=O)(=O)c1cccc(-c2nn(C)c(C)c2O)c1. The van der Waals surface area contributed by atoms with Crippen LogP contribution in [0.2, 0.25) is 0 Å². The molecule has 2 rings (SSSR count). The van der Waals surface area contributed by atoms with Gasteiger partial charge in [0.25, 0.3) is 0 Å². The summed E-state index contributed by atoms with van der Waals surface area (Å²) in [4.78, 5) is 0.246. The fraction of sp³-hybridized carbons (Fsp3) is 0.308. The van der Waals surface area contributed by atoms with Crippen molar-refractivity contribution in [3.05, 3.63) is 30.0 Å². The van der Waals surface area contributed by atoms with E-state index >= 15 is 0 Å². The fourth-order valence-electron chi connectivity index (χ4n) is 1.79. The predicted octanol–water partition coefficient (Wildman–Crippen LogP) is 1.89. The summed E-state index contributed by atoms with van der Waals surface area (Å²) >= 11 is 0. The van der Waals surface area contributed by atoms with Crippen LogP contribution in [0.1, 0.15) is 12.6 Å². The van der Waals surface area contributed by atoms with Crippen molar-refractivity contribution >= 4 is 9.84 Å². The standard InChI is InChI=1S/C13H16N2O3S/c1-4-19(17,18)11-7-5-6-10(8-11)12-13(16)9(2)15(3)14-12/h5-8,16H,4H2,1-3H3. The van der Waals surface area contributed by atoms with E-state index < -0.39 is 9.84 Å². The maximum Gasteiger partial charge on any atom is 0.178 e. The number of aromatic nitrogens is 2. The van der Waals surface area contributed by atoms with E-state index in [-0.39, 0.29) is 16.4 Å². The highest BCUT2D eigenvalue weighted by Gasteiger charge is 2.17. The number of aryl methyl sites for hydroxylation is 1. The summed E-state index contributed by atoms with van der Waals surface area (Å²) in [7, 11) is -1.53. The summed E-state index contributed by atoms with van der Waals surface area (Å²) in [5.74, 6) is 0.123. The molecular weight excluding hydrogens is 264 g/mol. The highest BCUT2D eigenvalue weighted by molar-refractivity contribution is 7.91. The van der Waals surface area contributed by atoms with Crippen molar-refractivity contribution < 1.29 is 13.5 Å². The Kier molecular flexibility index (Phi) is 3.36. The van der Waals surface area contributed by atoms with Gasteiger partial charge in [0.2, 0.25) is 0 Å². The Balaban J connectivity index is 2.59. The summed E-state index contributed by atoms with van der Waals surface area (Å²) < 4.78 is 25.3. The van der Waals surface area contributed by atoms with Crippen LogP contribution in [0.25, 0.3) is 11.3 Å². The van der Waals surface area contributed by atoms with E-state index in [0.29, 0.717) is 17.0 Å². The zero-order valence-electron chi connectivity index (χ0n) is 11.1. The lowest BCUT2D eigenvalue weighted by Gasteiger charge is -2.03. The summed E-state index contributed by atoms with van der Waals surface area (Å²) in [5.41, 5.74) is 1.63. The van der Waals surface area contributed by atoms with E-state index in [1.165, 1.54) is 0 Å². The number of sulfone groups is 1. The summed E-state index contributed by atoms with van der Waals surface area (Å²) in [6.45, 7) is 3.35. The first-order valence-corrected chi connectivity index (χ1v) is 7.57. The minimum atomic E-state index is -3.26. The number of hydrogen-bond donors (Lipinski definition) is 1. The number of benzene rings is 1. The van der Waals surface area contributed by atoms with Gasteiger partial charge in [-0.25, -0.2) is 8.42 Å². The smallest absolute Gasteiger partial charge is 0.178 e. The Labute approximate surface area is 112 Å². The number of nitrogens with zero attached hydrogens (tertiary/aromatic N) is 2. The van der Waals surface area contributed by atoms with Crippen LogP contribution in [0.4, 0.5) is 0 Å². The molecule has 0 aliphatic heterocycles. The van der Waals surface area contributed by atoms with Gasteiger partial charge in [-0.15, -0.1) is 0 Å². The van der Waals surface area contributed by atoms with Gasteiger partial charge in [-0.2, -0.15) is 5.10 Å². The average molecular weight is 280 g/mol. The molecule has 0 saturated carbocycles. The lowest BCUT2D eigenvalue weighted by molar-refractivity contribution is 0.471. The Bertz CT molecular complexity index is 717. The molecule has 1 N–H and O–H groups in total. The van der Waals surface area contributed by atoms with Gasteiger partial charge in [0.1, 0.15) is 5.69 Å². The van der Waals surface area contributed by atoms with E-state index in [1.807, 2.05) is 0 Å². The van der Waals surface area contributed by atoms with Crippen molar-refractivity contribution in [2.75, 3.05) is 5.75 Å². The molecular formula is C13H16N2O3S. The van der Waals surface area contributed by atoms with Crippen LogP contribution in [-0.2, 0) is 16.9 Å². The number of rotatable bonds is 3. The Morgan fingerprint density at radius 1 is 1.37 bits per heavy atom. The van der Waals surface area contributed by atoms with Crippen LogP contribution in [0, 0.1) is 6.92 Å². The maximum atomic E-state index is 11.9. The number of aromatic hydroxyl groups is 1. The zero-order valence-corrected chi connectivity index (χ0v) is 11.9. The van der Waals surface area contributed by atoms with Crippen molar-refractivity contribution in [1.82, 2.24) is 9.78 Å². The third kappa shape index (κ3) is 2.35. The molecule has 6 heteroatoms. The van der Waals surface area contributed by atoms with E-state index in [2.05, 4.69) is 5.10 Å². The van der Waals surface area contributed by atoms with Gasteiger partial charge >= 0.3 is 0 Å². The normalized spacial score (nSPS) is 11.7. The van der Waals surface area contributed by atoms with Crippen molar-refractivity contribution in [2.45, 2.75) is 18.7 Å². The third-order valence-electron chi connectivity index (χ3n) is 3.15. The predicted molar refractivity (Wildman–Crippen MR) is 72.8 cm³/mol. The van der Waals surface area contributed by atoms with E-state index in [1.54, 1.807) is 49.8 Å². The zero-order chi connectivity index (χ0) is 14.2. The molecule has 0 fully saturated rings. The highest BCUT2D eigenvalue weighted by atomic mass is 32.2. The minimum absolute atomic E-state index is 0.0453. The molecule has 5 nitrogen and oxygen atoms in total. The van der Waals surface area contributed by atoms with Gasteiger partial charge in [0.05, 0.1) is 16.3 Å². The molecule has 1 aromatic heterocycles. The van der Waals surface area contributed by atoms with Crippen molar-refractivity contribution in [1.29, 1.82) is 0 Å². The monoisotopic (exact) mass is 280 g/mol. The molecule has 19 heavy (non-hydrogen) atoms. The summed E-state index contributed by atoms with van der Waals surface area (Å²) in [6, 6.07) is 6.48. The first-order chi connectivity index (χ1) is 8.86. The van der Waals surface area contributed by atoms with Crippen LogP contribution < -0.4 is 0 Å². The van der Waals surface area contributed by atoms with Crippen LogP contribution in [0.3, 0.4) is 0 Å². The summed E-state index contributed by atoms with van der Waals surface area (Å²) in [6.07, 6.45) is 0. The van der Waals surface area contributed by atoms with E-state index in [0.717, 1.165) is 0 Å². The lowest BCUT2D eigenvalue weighted by atomic mass is 10.1. The van der Waals surface area contributed by atoms with Gasteiger partial charge in [0, 0.05) is 12.6 Å². The molecule has 0 radical (unpaired) electrons. The van der Waals surface area contributed by atoms with Crippen molar-refractivity contribution in [3.8, 4) is 17.0 Å². The van der Waals surface area contributed by atoms with E-state index in [9.17, 15) is 13.5 Å². The van der Waals surface area contributed by atoms with Crippen LogP contribution in [-0.4, -0.2) is 29.1 Å². The molecule has 2 aromatic rings. The van der Waals surface area contributed by atoms with Gasteiger partial charge < -0.3 is 5.11 Å². The average Bonchev–Trinajstić information content (AvgIpc) is 2.67. The molecule has 0 saturated heterocycles. The molecule has 1 aromatic carbocycles. The molecule has 0 bridgehead atoms. The molecule has 0 unspecified atom stereocenters. The Hall–Kier alpha value is -1.82. The second-order valence-corrected chi connectivity index (χ2v) is 6.62. The molecule has 102 valence electrons. The Morgan fingerprint density at radius 3 is 2.58 bits per heavy atom. The van der Waals surface area contributed by atoms with Crippen LogP contribution in [0.5, 0.6) is 5.75 Å². The first kappa shape index (κ1) is 13.6. The molecule has 0 amide bonds. The summed E-state index contributed by atoms with van der Waals surface area (Å²) in [5, 5.41) is 14.2. The van der Waals surface area contributed by atoms with Gasteiger partial charge in [-0.1, -0.05) is 19.1 Å². The second-order valence-electron chi connectivity index (χ2n) is 4.34. The lowest BCUT2D eigenvalue weighted by Crippen LogP contribution is -2.03. The van der Waals surface area contributed by atoms with Crippen molar-refractivity contribution in [3.63, 3.8) is 0 Å².